The van der Waals surface area contributed by atoms with Crippen molar-refractivity contribution in [3.8, 4) is 11.5 Å². The molecule has 2 aromatic rings. The van der Waals surface area contributed by atoms with Crippen molar-refractivity contribution in [2.45, 2.75) is 44.0 Å². The molecule has 0 spiro atoms. The van der Waals surface area contributed by atoms with Gasteiger partial charge in [-0.05, 0) is 85.5 Å². The van der Waals surface area contributed by atoms with Gasteiger partial charge in [0, 0.05) is 30.6 Å². The van der Waals surface area contributed by atoms with Crippen molar-refractivity contribution in [2.75, 3.05) is 19.7 Å². The highest BCUT2D eigenvalue weighted by Gasteiger charge is 2.56. The van der Waals surface area contributed by atoms with Crippen LogP contribution in [0.15, 0.2) is 48.5 Å². The molecule has 2 saturated carbocycles. The van der Waals surface area contributed by atoms with Crippen LogP contribution >= 0.6 is 11.6 Å². The lowest BCUT2D eigenvalue weighted by atomic mass is 9.95. The van der Waals surface area contributed by atoms with E-state index in [1.54, 1.807) is 24.3 Å². The van der Waals surface area contributed by atoms with E-state index < -0.39 is 11.7 Å². The molecule has 5 rings (SSSR count). The summed E-state index contributed by atoms with van der Waals surface area (Å²) in [6, 6.07) is 12.4. The van der Waals surface area contributed by atoms with Crippen LogP contribution in [0.2, 0.25) is 5.02 Å². The van der Waals surface area contributed by atoms with Crippen LogP contribution in [0, 0.1) is 17.8 Å². The van der Waals surface area contributed by atoms with Crippen LogP contribution in [-0.2, 0) is 11.0 Å². The minimum absolute atomic E-state index is 0.0256. The van der Waals surface area contributed by atoms with Gasteiger partial charge in [-0.1, -0.05) is 11.6 Å². The first kappa shape index (κ1) is 23.5. The van der Waals surface area contributed by atoms with Crippen LogP contribution in [0.5, 0.6) is 11.5 Å². The van der Waals surface area contributed by atoms with Crippen LogP contribution in [0.4, 0.5) is 13.2 Å². The Labute approximate surface area is 202 Å². The number of carbonyl (C=O) groups is 1. The van der Waals surface area contributed by atoms with Crippen molar-refractivity contribution in [1.82, 2.24) is 4.90 Å². The fraction of sp³-hybridized carbons (Fsp3) is 0.500. The third-order valence-electron chi connectivity index (χ3n) is 7.37. The van der Waals surface area contributed by atoms with Crippen molar-refractivity contribution in [3.05, 3.63) is 59.1 Å². The van der Waals surface area contributed by atoms with Crippen LogP contribution in [-0.4, -0.2) is 42.5 Å². The molecule has 8 heteroatoms. The first-order valence-electron chi connectivity index (χ1n) is 11.7. The van der Waals surface area contributed by atoms with E-state index >= 15 is 0 Å². The number of hydrogen-bond donors (Lipinski definition) is 0. The molecule has 0 N–H and O–H groups in total. The number of hydrogen-bond acceptors (Lipinski definition) is 4. The second-order valence-electron chi connectivity index (χ2n) is 9.66. The topological polar surface area (TPSA) is 38.8 Å². The van der Waals surface area contributed by atoms with Crippen molar-refractivity contribution in [2.24, 2.45) is 17.8 Å². The fourth-order valence-electron chi connectivity index (χ4n) is 5.65. The zero-order valence-corrected chi connectivity index (χ0v) is 19.4. The minimum atomic E-state index is -4.34. The molecule has 2 aliphatic carbocycles. The van der Waals surface area contributed by atoms with Crippen molar-refractivity contribution >= 4 is 17.4 Å². The van der Waals surface area contributed by atoms with Gasteiger partial charge >= 0.3 is 6.18 Å². The smallest absolute Gasteiger partial charge is 0.416 e. The van der Waals surface area contributed by atoms with E-state index in [0.717, 1.165) is 38.1 Å². The molecule has 34 heavy (non-hydrogen) atoms. The third kappa shape index (κ3) is 5.36. The molecule has 0 bridgehead atoms. The van der Waals surface area contributed by atoms with Gasteiger partial charge in [0.2, 0.25) is 0 Å². The highest BCUT2D eigenvalue weighted by atomic mass is 35.5. The molecule has 1 saturated heterocycles. The molecule has 4 nitrogen and oxygen atoms in total. The van der Waals surface area contributed by atoms with E-state index in [4.69, 9.17) is 21.1 Å². The standard InChI is InChI=1S/C26H27ClF3NO3/c27-18-3-7-20(8-4-18)33-15-19(32)11-16-12-25(24-13-23(16)24)31-10-9-22(14-31)34-21-5-1-17(2-6-21)26(28,29)30/h1-8,16,22-25H,9-15H2/t16-,22?,23?,24?,25+/m1/s1. The number of ether oxygens (including phenoxy) is 2. The molecular formula is C26H27ClF3NO3. The van der Waals surface area contributed by atoms with E-state index in [2.05, 4.69) is 4.90 Å². The van der Waals surface area contributed by atoms with Crippen LogP contribution < -0.4 is 9.47 Å². The summed E-state index contributed by atoms with van der Waals surface area (Å²) in [5.41, 5.74) is -0.669. The molecule has 5 atom stereocenters. The van der Waals surface area contributed by atoms with Crippen LogP contribution in [0.3, 0.4) is 0 Å². The minimum Gasteiger partial charge on any atom is -0.489 e. The fourth-order valence-corrected chi connectivity index (χ4v) is 5.77. The molecule has 2 aromatic carbocycles. The number of alkyl halides is 3. The highest BCUT2D eigenvalue weighted by molar-refractivity contribution is 6.30. The molecule has 0 aromatic heterocycles. The van der Waals surface area contributed by atoms with Gasteiger partial charge in [-0.15, -0.1) is 0 Å². The quantitative estimate of drug-likeness (QED) is 0.460. The summed E-state index contributed by atoms with van der Waals surface area (Å²) in [6.07, 6.45) is -0.789. The Morgan fingerprint density at radius 1 is 1.00 bits per heavy atom. The predicted octanol–water partition coefficient (Wildman–Crippen LogP) is 5.87. The second-order valence-corrected chi connectivity index (χ2v) is 10.1. The van der Waals surface area contributed by atoms with Gasteiger partial charge in [0.15, 0.2) is 5.78 Å². The molecule has 0 radical (unpaired) electrons. The summed E-state index contributed by atoms with van der Waals surface area (Å²) >= 11 is 5.87. The summed E-state index contributed by atoms with van der Waals surface area (Å²) < 4.78 is 49.8. The molecule has 0 amide bonds. The lowest BCUT2D eigenvalue weighted by Gasteiger charge is -2.26. The number of ketones is 1. The number of rotatable bonds is 8. The first-order chi connectivity index (χ1) is 16.3. The lowest BCUT2D eigenvalue weighted by Crippen LogP contribution is -2.35. The monoisotopic (exact) mass is 493 g/mol. The Kier molecular flexibility index (Phi) is 6.51. The van der Waals surface area contributed by atoms with E-state index in [1.165, 1.54) is 18.6 Å². The molecule has 1 aliphatic heterocycles. The van der Waals surface area contributed by atoms with Gasteiger partial charge in [-0.25, -0.2) is 0 Å². The number of Topliss-reactive ketones (excluding diaryl/α,β-unsaturated/α-hetero) is 1. The summed E-state index contributed by atoms with van der Waals surface area (Å²) in [5, 5.41) is 0.629. The van der Waals surface area contributed by atoms with Gasteiger partial charge in [-0.2, -0.15) is 13.2 Å². The summed E-state index contributed by atoms with van der Waals surface area (Å²) in [7, 11) is 0. The first-order valence-corrected chi connectivity index (χ1v) is 12.1. The van der Waals surface area contributed by atoms with E-state index in [9.17, 15) is 18.0 Å². The van der Waals surface area contributed by atoms with Gasteiger partial charge in [0.25, 0.3) is 0 Å². The zero-order chi connectivity index (χ0) is 23.9. The molecule has 3 aliphatic rings. The number of nitrogens with zero attached hydrogens (tertiary/aromatic N) is 1. The van der Waals surface area contributed by atoms with Crippen molar-refractivity contribution < 1.29 is 27.4 Å². The van der Waals surface area contributed by atoms with Gasteiger partial charge in [-0.3, -0.25) is 9.69 Å². The average molecular weight is 494 g/mol. The summed E-state index contributed by atoms with van der Waals surface area (Å²) in [4.78, 5) is 15.0. The van der Waals surface area contributed by atoms with Crippen molar-refractivity contribution in [1.29, 1.82) is 0 Å². The van der Waals surface area contributed by atoms with Crippen LogP contribution in [0.25, 0.3) is 0 Å². The Balaban J connectivity index is 1.08. The van der Waals surface area contributed by atoms with E-state index in [0.29, 0.717) is 46.7 Å². The maximum absolute atomic E-state index is 12.8. The lowest BCUT2D eigenvalue weighted by molar-refractivity contribution is -0.137. The van der Waals surface area contributed by atoms with Crippen LogP contribution in [0.1, 0.15) is 31.2 Å². The van der Waals surface area contributed by atoms with Gasteiger partial charge in [0.05, 0.1) is 5.56 Å². The number of likely N-dealkylation sites (tertiary alicyclic amines) is 1. The second kappa shape index (κ2) is 9.42. The molecular weight excluding hydrogens is 467 g/mol. The van der Waals surface area contributed by atoms with Crippen molar-refractivity contribution in [3.63, 3.8) is 0 Å². The van der Waals surface area contributed by atoms with Gasteiger partial charge < -0.3 is 9.47 Å². The Morgan fingerprint density at radius 3 is 2.41 bits per heavy atom. The number of halogens is 4. The average Bonchev–Trinajstić information content (AvgIpc) is 3.33. The van der Waals surface area contributed by atoms with Gasteiger partial charge in [0.1, 0.15) is 24.2 Å². The maximum atomic E-state index is 12.8. The Bertz CT molecular complexity index is 1010. The Morgan fingerprint density at radius 2 is 1.71 bits per heavy atom. The molecule has 1 heterocycles. The molecule has 182 valence electrons. The maximum Gasteiger partial charge on any atom is 0.416 e. The Hall–Kier alpha value is -2.25. The normalized spacial score (nSPS) is 28.5. The zero-order valence-electron chi connectivity index (χ0n) is 18.6. The van der Waals surface area contributed by atoms with E-state index in [1.807, 2.05) is 0 Å². The molecule has 3 fully saturated rings. The number of benzene rings is 2. The summed E-state index contributed by atoms with van der Waals surface area (Å²) in [6.45, 7) is 1.77. The predicted molar refractivity (Wildman–Crippen MR) is 122 cm³/mol. The SMILES string of the molecule is O=C(COc1ccc(Cl)cc1)C[C@@H]1C[C@H](N2CCC(Oc3ccc(C(F)(F)F)cc3)C2)C2CC21. The summed E-state index contributed by atoms with van der Waals surface area (Å²) in [5.74, 6) is 2.88. The molecule has 3 unspecified atom stereocenters. The largest absolute Gasteiger partial charge is 0.489 e. The number of carbonyl (C=O) groups excluding carboxylic acids is 1. The highest BCUT2D eigenvalue weighted by Crippen LogP contribution is 2.58. The number of fused-ring (bicyclic) bond motifs is 1. The van der Waals surface area contributed by atoms with E-state index in [-0.39, 0.29) is 18.5 Å². The third-order valence-corrected chi connectivity index (χ3v) is 7.62.